The molecule has 2 rings (SSSR count). The summed E-state index contributed by atoms with van der Waals surface area (Å²) in [6.45, 7) is 3.21. The van der Waals surface area contributed by atoms with Crippen molar-refractivity contribution in [3.05, 3.63) is 24.0 Å². The number of esters is 3. The van der Waals surface area contributed by atoms with Crippen molar-refractivity contribution in [1.29, 1.82) is 0 Å². The summed E-state index contributed by atoms with van der Waals surface area (Å²) in [5.74, 6) is -2.48. The number of hydrogen-bond donors (Lipinski definition) is 1. The largest absolute Gasteiger partial charge is 0.463 e. The maximum atomic E-state index is 11.8. The standard InChI is InChI=1S/C17H22N2O8/c1-10(20)24-8-14-15(26-11(2)21)17(9-25-14,27-12(3)22)19-6-4-5-13(7-19)16(18)23/h4,6-7,14-15H,5,8-9H2,1-3H3,(H2,18,23)/t14-,15-,17-/m1/s1. The van der Waals surface area contributed by atoms with Crippen LogP contribution in [0.4, 0.5) is 0 Å². The van der Waals surface area contributed by atoms with Gasteiger partial charge in [0.15, 0.2) is 6.10 Å². The molecule has 0 saturated carbocycles. The predicted molar refractivity (Wildman–Crippen MR) is 89.3 cm³/mol. The molecular formula is C17H22N2O8. The lowest BCUT2D eigenvalue weighted by molar-refractivity contribution is -0.200. The van der Waals surface area contributed by atoms with Crippen molar-refractivity contribution in [1.82, 2.24) is 4.90 Å². The third-order valence-electron chi connectivity index (χ3n) is 4.00. The molecule has 1 fully saturated rings. The molecule has 0 radical (unpaired) electrons. The first-order chi connectivity index (χ1) is 12.7. The Morgan fingerprint density at radius 3 is 2.48 bits per heavy atom. The monoisotopic (exact) mass is 382 g/mol. The van der Waals surface area contributed by atoms with Gasteiger partial charge in [0.1, 0.15) is 19.3 Å². The van der Waals surface area contributed by atoms with Gasteiger partial charge >= 0.3 is 17.9 Å². The first-order valence-electron chi connectivity index (χ1n) is 8.23. The molecular weight excluding hydrogens is 360 g/mol. The molecule has 0 bridgehead atoms. The van der Waals surface area contributed by atoms with Gasteiger partial charge in [0.25, 0.3) is 5.72 Å². The first-order valence-corrected chi connectivity index (χ1v) is 8.23. The van der Waals surface area contributed by atoms with E-state index in [0.717, 1.165) is 0 Å². The van der Waals surface area contributed by atoms with Crippen LogP contribution in [0.1, 0.15) is 27.2 Å². The second-order valence-corrected chi connectivity index (χ2v) is 6.14. The summed E-state index contributed by atoms with van der Waals surface area (Å²) >= 11 is 0. The topological polar surface area (TPSA) is 134 Å². The molecule has 3 atom stereocenters. The Labute approximate surface area is 155 Å². The number of carbonyl (C=O) groups excluding carboxylic acids is 4. The van der Waals surface area contributed by atoms with E-state index in [0.29, 0.717) is 6.42 Å². The summed E-state index contributed by atoms with van der Waals surface area (Å²) < 4.78 is 21.5. The van der Waals surface area contributed by atoms with Crippen molar-refractivity contribution in [2.75, 3.05) is 13.2 Å². The lowest BCUT2D eigenvalue weighted by Crippen LogP contribution is -2.58. The van der Waals surface area contributed by atoms with E-state index in [9.17, 15) is 19.2 Å². The van der Waals surface area contributed by atoms with Gasteiger partial charge in [-0.1, -0.05) is 6.08 Å². The minimum Gasteiger partial charge on any atom is -0.463 e. The number of allylic oxidation sites excluding steroid dienone is 1. The van der Waals surface area contributed by atoms with Crippen molar-refractivity contribution in [3.63, 3.8) is 0 Å². The van der Waals surface area contributed by atoms with Gasteiger partial charge in [0.2, 0.25) is 5.91 Å². The summed E-state index contributed by atoms with van der Waals surface area (Å²) in [6, 6.07) is 0. The minimum absolute atomic E-state index is 0.191. The molecule has 2 heterocycles. The Bertz CT molecular complexity index is 701. The van der Waals surface area contributed by atoms with E-state index in [1.807, 2.05) is 0 Å². The van der Waals surface area contributed by atoms with E-state index in [4.69, 9.17) is 24.7 Å². The van der Waals surface area contributed by atoms with E-state index in [-0.39, 0.29) is 18.8 Å². The molecule has 27 heavy (non-hydrogen) atoms. The second-order valence-electron chi connectivity index (χ2n) is 6.14. The molecule has 0 spiro atoms. The number of ether oxygens (including phenoxy) is 4. The molecule has 2 N–H and O–H groups in total. The number of hydrogen-bond acceptors (Lipinski definition) is 9. The zero-order valence-corrected chi connectivity index (χ0v) is 15.3. The van der Waals surface area contributed by atoms with Crippen molar-refractivity contribution in [2.24, 2.45) is 5.73 Å². The summed E-state index contributed by atoms with van der Waals surface area (Å²) in [7, 11) is 0. The SMILES string of the molecule is CC(=O)OC[C@H]1OC[C@](OC(C)=O)(N2C=CCC(C(N)=O)=C2)[C@@H]1OC(C)=O. The van der Waals surface area contributed by atoms with Crippen LogP contribution in [-0.4, -0.2) is 59.9 Å². The van der Waals surface area contributed by atoms with E-state index in [2.05, 4.69) is 0 Å². The number of carbonyl (C=O) groups is 4. The lowest BCUT2D eigenvalue weighted by Gasteiger charge is -2.41. The Hall–Kier alpha value is -2.88. The number of amides is 1. The van der Waals surface area contributed by atoms with Crippen molar-refractivity contribution < 1.29 is 38.1 Å². The van der Waals surface area contributed by atoms with Gasteiger partial charge in [-0.05, 0) is 6.42 Å². The normalized spacial score (nSPS) is 26.9. The van der Waals surface area contributed by atoms with Crippen LogP contribution in [0.3, 0.4) is 0 Å². The number of rotatable bonds is 6. The fraction of sp³-hybridized carbons (Fsp3) is 0.529. The fourth-order valence-corrected chi connectivity index (χ4v) is 2.94. The van der Waals surface area contributed by atoms with E-state index >= 15 is 0 Å². The number of nitrogens with two attached hydrogens (primary N) is 1. The predicted octanol–water partition coefficient (Wildman–Crippen LogP) is -0.272. The highest BCUT2D eigenvalue weighted by atomic mass is 16.7. The first kappa shape index (κ1) is 20.4. The van der Waals surface area contributed by atoms with Crippen molar-refractivity contribution in [2.45, 2.75) is 45.1 Å². The van der Waals surface area contributed by atoms with Crippen LogP contribution in [0, 0.1) is 0 Å². The molecule has 10 heteroatoms. The van der Waals surface area contributed by atoms with Crippen molar-refractivity contribution >= 4 is 23.8 Å². The molecule has 0 aromatic heterocycles. The Balaban J connectivity index is 2.44. The fourth-order valence-electron chi connectivity index (χ4n) is 2.94. The van der Waals surface area contributed by atoms with Crippen LogP contribution in [0.15, 0.2) is 24.0 Å². The van der Waals surface area contributed by atoms with Gasteiger partial charge in [-0.15, -0.1) is 0 Å². The third kappa shape index (κ3) is 4.64. The van der Waals surface area contributed by atoms with Crippen molar-refractivity contribution in [3.8, 4) is 0 Å². The maximum Gasteiger partial charge on any atom is 0.304 e. The zero-order chi connectivity index (χ0) is 20.2. The molecule has 2 aliphatic rings. The van der Waals surface area contributed by atoms with Crippen LogP contribution in [0.5, 0.6) is 0 Å². The van der Waals surface area contributed by atoms with Crippen LogP contribution < -0.4 is 5.73 Å². The molecule has 1 amide bonds. The average Bonchev–Trinajstić information content (AvgIpc) is 2.90. The number of nitrogens with zero attached hydrogens (tertiary/aromatic N) is 1. The van der Waals surface area contributed by atoms with Crippen LogP contribution in [0.25, 0.3) is 0 Å². The highest BCUT2D eigenvalue weighted by Crippen LogP contribution is 2.37. The van der Waals surface area contributed by atoms with E-state index < -0.39 is 41.7 Å². The molecule has 0 unspecified atom stereocenters. The lowest BCUT2D eigenvalue weighted by atomic mass is 10.0. The molecule has 0 aromatic rings. The Kier molecular flexibility index (Phi) is 6.21. The molecule has 1 saturated heterocycles. The van der Waals surface area contributed by atoms with E-state index in [1.165, 1.54) is 31.9 Å². The van der Waals surface area contributed by atoms with Gasteiger partial charge in [0.05, 0.1) is 0 Å². The maximum absolute atomic E-state index is 11.8. The molecule has 2 aliphatic heterocycles. The Morgan fingerprint density at radius 2 is 1.93 bits per heavy atom. The second kappa shape index (κ2) is 8.21. The van der Waals surface area contributed by atoms with Gasteiger partial charge in [0, 0.05) is 38.7 Å². The summed E-state index contributed by atoms with van der Waals surface area (Å²) in [4.78, 5) is 47.6. The smallest absolute Gasteiger partial charge is 0.304 e. The van der Waals surface area contributed by atoms with Gasteiger partial charge in [-0.2, -0.15) is 0 Å². The molecule has 10 nitrogen and oxygen atoms in total. The summed E-state index contributed by atoms with van der Waals surface area (Å²) in [5, 5.41) is 0. The minimum atomic E-state index is -1.58. The quantitative estimate of drug-likeness (QED) is 0.486. The van der Waals surface area contributed by atoms with Crippen LogP contribution in [-0.2, 0) is 38.1 Å². The molecule has 0 aromatic carbocycles. The van der Waals surface area contributed by atoms with Gasteiger partial charge in [-0.3, -0.25) is 19.2 Å². The Morgan fingerprint density at radius 1 is 1.22 bits per heavy atom. The van der Waals surface area contributed by atoms with Gasteiger partial charge in [-0.25, -0.2) is 0 Å². The zero-order valence-electron chi connectivity index (χ0n) is 15.3. The van der Waals surface area contributed by atoms with Crippen LogP contribution >= 0.6 is 0 Å². The average molecular weight is 382 g/mol. The van der Waals surface area contributed by atoms with E-state index in [1.54, 1.807) is 12.3 Å². The highest BCUT2D eigenvalue weighted by molar-refractivity contribution is 5.92. The summed E-state index contributed by atoms with van der Waals surface area (Å²) in [6.07, 6.45) is 2.94. The van der Waals surface area contributed by atoms with Gasteiger partial charge < -0.3 is 29.6 Å². The third-order valence-corrected chi connectivity index (χ3v) is 4.00. The van der Waals surface area contributed by atoms with Crippen LogP contribution in [0.2, 0.25) is 0 Å². The number of primary amides is 1. The molecule has 148 valence electrons. The highest BCUT2D eigenvalue weighted by Gasteiger charge is 2.58. The summed E-state index contributed by atoms with van der Waals surface area (Å²) in [5.41, 5.74) is 4.04. The molecule has 0 aliphatic carbocycles.